The average molecular weight is 752 g/mol. The lowest BCUT2D eigenvalue weighted by atomic mass is 10.1. The van der Waals surface area contributed by atoms with Crippen molar-refractivity contribution in [3.05, 3.63) is 63.5 Å². The number of aromatic nitrogens is 5. The van der Waals surface area contributed by atoms with E-state index in [1.54, 1.807) is 30.5 Å². The van der Waals surface area contributed by atoms with Gasteiger partial charge in [0.05, 0.1) is 63.0 Å². The Kier molecular flexibility index (Phi) is 8.36. The maximum Gasteiger partial charge on any atom is 0.277 e. The predicted molar refractivity (Wildman–Crippen MR) is 160 cm³/mol. The van der Waals surface area contributed by atoms with E-state index in [4.69, 9.17) is 25.2 Å². The SMILES string of the molecule is C[C@H]1COc2c(N3CC[N+](C)(C)CC3)c(F)cc3c(=O)c(-c4nnc(SCc5nnc(-c6ccc(Cl)cc6)o5)o4)cn1c23.[I-]. The van der Waals surface area contributed by atoms with Gasteiger partial charge >= 0.3 is 0 Å². The summed E-state index contributed by atoms with van der Waals surface area (Å²) in [5.41, 5.74) is 1.52. The standard InChI is InChI=1S/C29H28ClFN7O4S.HI/c1-16-14-40-26-23-19(12-21(31)24(26)36-8-10-38(2,3)11-9-36)25(39)20(13-37(16)23)28-34-35-29(42-28)43-15-22-32-33-27(41-22)17-4-6-18(30)7-5-17;/h4-7,12-13,16H,8-11,14-15H2,1-3H3;1H/q+1;/p-1/t16-;/m0./s1. The van der Waals surface area contributed by atoms with Crippen LogP contribution in [0.3, 0.4) is 0 Å². The largest absolute Gasteiger partial charge is 1.00 e. The Morgan fingerprint density at radius 3 is 2.55 bits per heavy atom. The molecule has 0 aliphatic carbocycles. The number of benzene rings is 2. The van der Waals surface area contributed by atoms with Gasteiger partial charge in [-0.05, 0) is 37.3 Å². The van der Waals surface area contributed by atoms with Gasteiger partial charge in [-0.1, -0.05) is 23.4 Å². The van der Waals surface area contributed by atoms with Crippen molar-refractivity contribution in [2.75, 3.05) is 51.8 Å². The molecule has 5 aromatic rings. The highest BCUT2D eigenvalue weighted by atomic mass is 127. The molecule has 2 aliphatic heterocycles. The molecular formula is C29H28ClFIN7O4S. The summed E-state index contributed by atoms with van der Waals surface area (Å²) in [5, 5.41) is 17.4. The first-order chi connectivity index (χ1) is 20.7. The minimum absolute atomic E-state index is 0. The Balaban J connectivity index is 0.00000343. The summed E-state index contributed by atoms with van der Waals surface area (Å²) >= 11 is 7.15. The second kappa shape index (κ2) is 11.9. The van der Waals surface area contributed by atoms with Crippen molar-refractivity contribution in [1.82, 2.24) is 25.0 Å². The first-order valence-electron chi connectivity index (χ1n) is 13.8. The molecule has 0 radical (unpaired) electrons. The second-order valence-electron chi connectivity index (χ2n) is 11.4. The Morgan fingerprint density at radius 2 is 1.80 bits per heavy atom. The zero-order chi connectivity index (χ0) is 29.9. The minimum atomic E-state index is -0.482. The molecule has 15 heteroatoms. The van der Waals surface area contributed by atoms with Crippen LogP contribution in [0, 0.1) is 5.82 Å². The number of hydrogen-bond acceptors (Lipinski definition) is 10. The van der Waals surface area contributed by atoms with Crippen LogP contribution in [0.5, 0.6) is 5.75 Å². The Hall–Kier alpha value is -3.21. The number of ether oxygens (including phenoxy) is 1. The number of quaternary nitrogens is 1. The summed E-state index contributed by atoms with van der Waals surface area (Å²) in [5.74, 6) is 0.989. The quantitative estimate of drug-likeness (QED) is 0.145. The summed E-state index contributed by atoms with van der Waals surface area (Å²) < 4.78 is 36.3. The number of nitrogens with zero attached hydrogens (tertiary/aromatic N) is 7. The van der Waals surface area contributed by atoms with Gasteiger partial charge in [0.1, 0.15) is 17.9 Å². The van der Waals surface area contributed by atoms with E-state index < -0.39 is 11.2 Å². The van der Waals surface area contributed by atoms with E-state index in [2.05, 4.69) is 34.5 Å². The van der Waals surface area contributed by atoms with Gasteiger partial charge in [-0.3, -0.25) is 4.79 Å². The van der Waals surface area contributed by atoms with Crippen LogP contribution in [0.2, 0.25) is 5.02 Å². The van der Waals surface area contributed by atoms with Crippen LogP contribution in [-0.2, 0) is 5.75 Å². The zero-order valence-electron chi connectivity index (χ0n) is 24.1. The lowest BCUT2D eigenvalue weighted by molar-refractivity contribution is -0.890. The van der Waals surface area contributed by atoms with Crippen molar-refractivity contribution < 1.29 is 46.4 Å². The Labute approximate surface area is 277 Å². The Morgan fingerprint density at radius 1 is 1.07 bits per heavy atom. The molecule has 0 N–H and O–H groups in total. The fourth-order valence-corrected chi connectivity index (χ4v) is 6.14. The number of hydrogen-bond donors (Lipinski definition) is 0. The van der Waals surface area contributed by atoms with Crippen molar-refractivity contribution >= 4 is 40.0 Å². The summed E-state index contributed by atoms with van der Waals surface area (Å²) in [6, 6.07) is 8.29. The highest BCUT2D eigenvalue weighted by Gasteiger charge is 2.33. The van der Waals surface area contributed by atoms with E-state index in [0.29, 0.717) is 53.5 Å². The van der Waals surface area contributed by atoms with Crippen molar-refractivity contribution in [2.45, 2.75) is 23.9 Å². The highest BCUT2D eigenvalue weighted by Crippen LogP contribution is 2.43. The Bertz CT molecular complexity index is 1900. The van der Waals surface area contributed by atoms with Gasteiger partial charge in [0.2, 0.25) is 17.2 Å². The van der Waals surface area contributed by atoms with E-state index >= 15 is 4.39 Å². The maximum absolute atomic E-state index is 15.7. The summed E-state index contributed by atoms with van der Waals surface area (Å²) in [6.45, 7) is 5.47. The monoisotopic (exact) mass is 751 g/mol. The molecule has 0 unspecified atom stereocenters. The van der Waals surface area contributed by atoms with Crippen molar-refractivity contribution in [2.24, 2.45) is 0 Å². The third kappa shape index (κ3) is 5.68. The van der Waals surface area contributed by atoms with Crippen LogP contribution < -0.4 is 39.0 Å². The summed E-state index contributed by atoms with van der Waals surface area (Å²) in [4.78, 5) is 15.7. The molecule has 5 heterocycles. The fraction of sp³-hybridized carbons (Fsp3) is 0.345. The molecule has 3 aromatic heterocycles. The van der Waals surface area contributed by atoms with Gasteiger partial charge in [-0.2, -0.15) is 0 Å². The molecule has 1 fully saturated rings. The lowest BCUT2D eigenvalue weighted by Crippen LogP contribution is -3.00. The highest BCUT2D eigenvalue weighted by molar-refractivity contribution is 7.98. The topological polar surface area (TPSA) is 112 Å². The van der Waals surface area contributed by atoms with Crippen LogP contribution in [-0.4, -0.2) is 76.3 Å². The van der Waals surface area contributed by atoms with Crippen LogP contribution in [0.4, 0.5) is 10.1 Å². The van der Waals surface area contributed by atoms with Crippen LogP contribution in [0.15, 0.2) is 55.4 Å². The third-order valence-electron chi connectivity index (χ3n) is 7.92. The molecule has 0 saturated carbocycles. The number of rotatable bonds is 6. The molecule has 7 rings (SSSR count). The van der Waals surface area contributed by atoms with Gasteiger partial charge in [0, 0.05) is 16.8 Å². The summed E-state index contributed by atoms with van der Waals surface area (Å²) in [7, 11) is 4.33. The van der Waals surface area contributed by atoms with Crippen molar-refractivity contribution in [3.8, 4) is 28.7 Å². The maximum atomic E-state index is 15.7. The number of likely N-dealkylation sites (N-methyl/N-ethyl adjacent to an activating group) is 1. The van der Waals surface area contributed by atoms with Crippen LogP contribution >= 0.6 is 23.4 Å². The molecule has 1 saturated heterocycles. The minimum Gasteiger partial charge on any atom is -1.00 e. The molecule has 230 valence electrons. The molecule has 1 atom stereocenters. The molecule has 0 amide bonds. The second-order valence-corrected chi connectivity index (χ2v) is 12.8. The molecule has 2 aromatic carbocycles. The zero-order valence-corrected chi connectivity index (χ0v) is 27.8. The van der Waals surface area contributed by atoms with Gasteiger partial charge < -0.3 is 51.5 Å². The average Bonchev–Trinajstić information content (AvgIpc) is 3.66. The van der Waals surface area contributed by atoms with Gasteiger partial charge in [-0.25, -0.2) is 4.39 Å². The normalized spacial score (nSPS) is 17.4. The smallest absolute Gasteiger partial charge is 0.277 e. The molecule has 11 nitrogen and oxygen atoms in total. The van der Waals surface area contributed by atoms with E-state index in [9.17, 15) is 4.79 Å². The van der Waals surface area contributed by atoms with Crippen LogP contribution in [0.25, 0.3) is 33.8 Å². The number of anilines is 1. The van der Waals surface area contributed by atoms with Crippen molar-refractivity contribution in [1.29, 1.82) is 0 Å². The van der Waals surface area contributed by atoms with Gasteiger partial charge in [0.15, 0.2) is 11.6 Å². The van der Waals surface area contributed by atoms with Crippen molar-refractivity contribution in [3.63, 3.8) is 0 Å². The molecule has 2 aliphatic rings. The van der Waals surface area contributed by atoms with E-state index in [-0.39, 0.29) is 57.8 Å². The molecule has 44 heavy (non-hydrogen) atoms. The molecule has 0 bridgehead atoms. The van der Waals surface area contributed by atoms with Crippen LogP contribution in [0.1, 0.15) is 18.9 Å². The number of piperazine rings is 1. The molecule has 0 spiro atoms. The fourth-order valence-electron chi connectivity index (χ4n) is 5.41. The first kappa shape index (κ1) is 30.8. The first-order valence-corrected chi connectivity index (χ1v) is 15.2. The third-order valence-corrected chi connectivity index (χ3v) is 8.98. The van der Waals surface area contributed by atoms with Gasteiger partial charge in [-0.15, -0.1) is 20.4 Å². The number of pyridine rings is 1. The van der Waals surface area contributed by atoms with Gasteiger partial charge in [0.25, 0.3) is 11.1 Å². The van der Waals surface area contributed by atoms with E-state index in [0.717, 1.165) is 23.1 Å². The molecular weight excluding hydrogens is 724 g/mol. The van der Waals surface area contributed by atoms with E-state index in [1.807, 2.05) is 16.4 Å². The predicted octanol–water partition coefficient (Wildman–Crippen LogP) is 2.04. The van der Waals surface area contributed by atoms with E-state index in [1.165, 1.54) is 17.8 Å². The lowest BCUT2D eigenvalue weighted by Gasteiger charge is -2.41. The number of halogens is 3. The number of thioether (sulfide) groups is 1. The summed E-state index contributed by atoms with van der Waals surface area (Å²) in [6.07, 6.45) is 1.71.